The molecule has 116 valence electrons. The molecule has 0 heterocycles. The Morgan fingerprint density at radius 2 is 1.09 bits per heavy atom. The normalized spacial score (nSPS) is 10.7. The van der Waals surface area contributed by atoms with Gasteiger partial charge in [0.25, 0.3) is 0 Å². The Morgan fingerprint density at radius 1 is 0.609 bits per heavy atom. The van der Waals surface area contributed by atoms with Crippen molar-refractivity contribution in [2.75, 3.05) is 0 Å². The molecule has 3 rings (SSSR count). The SMILES string of the molecule is Cc1ccc(Cc2ccc(Cc3ccc(C)cc3)c(F)c2)cc1. The second kappa shape index (κ2) is 6.78. The minimum Gasteiger partial charge on any atom is -0.207 e. The van der Waals surface area contributed by atoms with Crippen molar-refractivity contribution < 1.29 is 4.39 Å². The highest BCUT2D eigenvalue weighted by atomic mass is 19.1. The number of hydrogen-bond donors (Lipinski definition) is 0. The second-order valence-corrected chi connectivity index (χ2v) is 6.25. The van der Waals surface area contributed by atoms with E-state index in [1.54, 1.807) is 6.07 Å². The highest BCUT2D eigenvalue weighted by molar-refractivity contribution is 5.34. The van der Waals surface area contributed by atoms with Crippen molar-refractivity contribution in [2.45, 2.75) is 26.7 Å². The summed E-state index contributed by atoms with van der Waals surface area (Å²) in [6.07, 6.45) is 1.40. The fourth-order valence-corrected chi connectivity index (χ4v) is 2.71. The van der Waals surface area contributed by atoms with E-state index in [4.69, 9.17) is 0 Å². The molecule has 0 aromatic heterocycles. The molecule has 1 heteroatoms. The molecule has 23 heavy (non-hydrogen) atoms. The number of rotatable bonds is 4. The van der Waals surface area contributed by atoms with Gasteiger partial charge in [0.15, 0.2) is 0 Å². The van der Waals surface area contributed by atoms with E-state index in [-0.39, 0.29) is 5.82 Å². The Hall–Kier alpha value is -2.41. The molecular formula is C22H21F. The lowest BCUT2D eigenvalue weighted by Gasteiger charge is -2.08. The molecule has 0 N–H and O–H groups in total. The Balaban J connectivity index is 1.75. The van der Waals surface area contributed by atoms with Crippen molar-refractivity contribution in [2.24, 2.45) is 0 Å². The van der Waals surface area contributed by atoms with Crippen molar-refractivity contribution in [3.8, 4) is 0 Å². The first-order chi connectivity index (χ1) is 11.1. The smallest absolute Gasteiger partial charge is 0.127 e. The molecule has 0 fully saturated rings. The third kappa shape index (κ3) is 4.07. The molecule has 0 saturated heterocycles. The molecule has 0 amide bonds. The molecule has 0 aliphatic rings. The first kappa shape index (κ1) is 15.5. The standard InChI is InChI=1S/C22H21F/c1-16-3-7-18(8-4-16)13-20-11-12-21(22(23)15-20)14-19-9-5-17(2)6-10-19/h3-12,15H,13-14H2,1-2H3. The van der Waals surface area contributed by atoms with Crippen LogP contribution in [0, 0.1) is 19.7 Å². The van der Waals surface area contributed by atoms with Crippen molar-refractivity contribution >= 4 is 0 Å². The maximum atomic E-state index is 14.4. The van der Waals surface area contributed by atoms with E-state index < -0.39 is 0 Å². The maximum Gasteiger partial charge on any atom is 0.127 e. The third-order valence-electron chi connectivity index (χ3n) is 4.16. The van der Waals surface area contributed by atoms with Gasteiger partial charge in [-0.2, -0.15) is 0 Å². The van der Waals surface area contributed by atoms with Crippen LogP contribution >= 0.6 is 0 Å². The van der Waals surface area contributed by atoms with Gasteiger partial charge in [0.1, 0.15) is 5.82 Å². The summed E-state index contributed by atoms with van der Waals surface area (Å²) in [6.45, 7) is 4.13. The average Bonchev–Trinajstić information content (AvgIpc) is 2.54. The first-order valence-electron chi connectivity index (χ1n) is 7.98. The van der Waals surface area contributed by atoms with Crippen LogP contribution in [0.3, 0.4) is 0 Å². The Morgan fingerprint density at radius 3 is 1.61 bits per heavy atom. The zero-order valence-electron chi connectivity index (χ0n) is 13.6. The number of halogens is 1. The lowest BCUT2D eigenvalue weighted by molar-refractivity contribution is 0.612. The summed E-state index contributed by atoms with van der Waals surface area (Å²) in [5.74, 6) is -0.116. The largest absolute Gasteiger partial charge is 0.207 e. The van der Waals surface area contributed by atoms with Gasteiger partial charge in [-0.15, -0.1) is 0 Å². The fourth-order valence-electron chi connectivity index (χ4n) is 2.71. The minimum atomic E-state index is -0.116. The topological polar surface area (TPSA) is 0 Å². The van der Waals surface area contributed by atoms with E-state index in [0.29, 0.717) is 6.42 Å². The van der Waals surface area contributed by atoms with Crippen LogP contribution in [0.1, 0.15) is 33.4 Å². The predicted molar refractivity (Wildman–Crippen MR) is 94.4 cm³/mol. The fraction of sp³-hybridized carbons (Fsp3) is 0.182. The van der Waals surface area contributed by atoms with E-state index >= 15 is 0 Å². The molecule has 0 spiro atoms. The van der Waals surface area contributed by atoms with Crippen LogP contribution in [0.5, 0.6) is 0 Å². The Labute approximate surface area is 137 Å². The molecule has 0 radical (unpaired) electrons. The Kier molecular flexibility index (Phi) is 4.57. The molecule has 0 aliphatic carbocycles. The van der Waals surface area contributed by atoms with Crippen LogP contribution in [0.15, 0.2) is 66.7 Å². The van der Waals surface area contributed by atoms with Crippen LogP contribution in [-0.2, 0) is 12.8 Å². The molecule has 3 aromatic carbocycles. The van der Waals surface area contributed by atoms with Crippen molar-refractivity contribution in [3.63, 3.8) is 0 Å². The molecule has 0 unspecified atom stereocenters. The monoisotopic (exact) mass is 304 g/mol. The predicted octanol–water partition coefficient (Wildman–Crippen LogP) is 5.62. The van der Waals surface area contributed by atoms with Gasteiger partial charge >= 0.3 is 0 Å². The van der Waals surface area contributed by atoms with Crippen LogP contribution in [0.2, 0.25) is 0 Å². The van der Waals surface area contributed by atoms with Gasteiger partial charge in [-0.1, -0.05) is 71.8 Å². The summed E-state index contributed by atoms with van der Waals surface area (Å²) >= 11 is 0. The van der Waals surface area contributed by atoms with Crippen molar-refractivity contribution in [3.05, 3.63) is 106 Å². The lowest BCUT2D eigenvalue weighted by atomic mass is 9.99. The number of benzene rings is 3. The molecule has 0 aliphatic heterocycles. The lowest BCUT2D eigenvalue weighted by Crippen LogP contribution is -1.96. The highest BCUT2D eigenvalue weighted by Gasteiger charge is 2.06. The van der Waals surface area contributed by atoms with Gasteiger partial charge < -0.3 is 0 Å². The van der Waals surface area contributed by atoms with Crippen molar-refractivity contribution in [1.29, 1.82) is 0 Å². The quantitative estimate of drug-likeness (QED) is 0.586. The van der Waals surface area contributed by atoms with Crippen LogP contribution < -0.4 is 0 Å². The maximum absolute atomic E-state index is 14.4. The van der Waals surface area contributed by atoms with Crippen LogP contribution in [0.4, 0.5) is 4.39 Å². The molecular weight excluding hydrogens is 283 g/mol. The van der Waals surface area contributed by atoms with Gasteiger partial charge in [-0.3, -0.25) is 0 Å². The summed E-state index contributed by atoms with van der Waals surface area (Å²) in [7, 11) is 0. The number of aryl methyl sites for hydroxylation is 2. The van der Waals surface area contributed by atoms with Gasteiger partial charge in [0, 0.05) is 6.42 Å². The summed E-state index contributed by atoms with van der Waals surface area (Å²) < 4.78 is 14.4. The van der Waals surface area contributed by atoms with Crippen molar-refractivity contribution in [1.82, 2.24) is 0 Å². The summed E-state index contributed by atoms with van der Waals surface area (Å²) in [6, 6.07) is 22.3. The first-order valence-corrected chi connectivity index (χ1v) is 7.98. The van der Waals surface area contributed by atoms with E-state index in [2.05, 4.69) is 62.4 Å². The van der Waals surface area contributed by atoms with Gasteiger partial charge in [0.05, 0.1) is 0 Å². The average molecular weight is 304 g/mol. The van der Waals surface area contributed by atoms with E-state index in [1.165, 1.54) is 16.7 Å². The molecule has 0 atom stereocenters. The highest BCUT2D eigenvalue weighted by Crippen LogP contribution is 2.18. The van der Waals surface area contributed by atoms with Gasteiger partial charge in [-0.25, -0.2) is 4.39 Å². The summed E-state index contributed by atoms with van der Waals surface area (Å²) in [5, 5.41) is 0. The second-order valence-electron chi connectivity index (χ2n) is 6.25. The van der Waals surface area contributed by atoms with E-state index in [9.17, 15) is 4.39 Å². The Bertz CT molecular complexity index is 783. The number of hydrogen-bond acceptors (Lipinski definition) is 0. The molecule has 0 nitrogen and oxygen atoms in total. The zero-order chi connectivity index (χ0) is 16.2. The summed E-state index contributed by atoms with van der Waals surface area (Å²) in [5.41, 5.74) is 6.58. The summed E-state index contributed by atoms with van der Waals surface area (Å²) in [4.78, 5) is 0. The van der Waals surface area contributed by atoms with E-state index in [0.717, 1.165) is 23.1 Å². The van der Waals surface area contributed by atoms with E-state index in [1.807, 2.05) is 12.1 Å². The minimum absolute atomic E-state index is 0.116. The van der Waals surface area contributed by atoms with Crippen LogP contribution in [-0.4, -0.2) is 0 Å². The zero-order valence-corrected chi connectivity index (χ0v) is 13.6. The molecule has 3 aromatic rings. The molecule has 0 bridgehead atoms. The van der Waals surface area contributed by atoms with Gasteiger partial charge in [-0.05, 0) is 48.6 Å². The van der Waals surface area contributed by atoms with Crippen LogP contribution in [0.25, 0.3) is 0 Å². The molecule has 0 saturated carbocycles. The van der Waals surface area contributed by atoms with Gasteiger partial charge in [0.2, 0.25) is 0 Å². The third-order valence-corrected chi connectivity index (χ3v) is 4.16.